The van der Waals surface area contributed by atoms with Crippen molar-refractivity contribution in [2.75, 3.05) is 19.8 Å². The molecule has 23 heteroatoms. The number of rotatable bonds is 35. The lowest BCUT2D eigenvalue weighted by Gasteiger charge is -2.50. The van der Waals surface area contributed by atoms with E-state index < -0.39 is 132 Å². The van der Waals surface area contributed by atoms with Gasteiger partial charge in [0.15, 0.2) is 33.1 Å². The molecular formula is C68H103N2O19PSi. The van der Waals surface area contributed by atoms with Crippen molar-refractivity contribution in [3.63, 3.8) is 0 Å². The molecular weight excluding hydrogens is 1210 g/mol. The van der Waals surface area contributed by atoms with Crippen LogP contribution in [0.5, 0.6) is 0 Å². The maximum Gasteiger partial charge on any atom is 0.475 e. The summed E-state index contributed by atoms with van der Waals surface area (Å²) in [6.45, 7) is 25.3. The van der Waals surface area contributed by atoms with Gasteiger partial charge in [0.05, 0.1) is 58.5 Å². The van der Waals surface area contributed by atoms with Crippen molar-refractivity contribution in [1.82, 2.24) is 10.6 Å². The predicted octanol–water partition coefficient (Wildman–Crippen LogP) is 11.9. The second kappa shape index (κ2) is 36.6. The molecule has 0 bridgehead atoms. The molecule has 2 fully saturated rings. The smallest absolute Gasteiger partial charge is 0.462 e. The summed E-state index contributed by atoms with van der Waals surface area (Å²) in [5.74, 6) is -2.68. The second-order valence-electron chi connectivity index (χ2n) is 25.5. The Labute approximate surface area is 540 Å². The van der Waals surface area contributed by atoms with Crippen LogP contribution >= 0.6 is 7.82 Å². The Bertz CT molecular complexity index is 2740. The van der Waals surface area contributed by atoms with E-state index in [1.807, 2.05) is 98.8 Å². The van der Waals surface area contributed by atoms with Gasteiger partial charge >= 0.3 is 31.7 Å². The first-order valence-electron chi connectivity index (χ1n) is 32.7. The van der Waals surface area contributed by atoms with E-state index in [0.717, 1.165) is 30.4 Å². The average molecular weight is 1310 g/mol. The molecule has 3 aliphatic rings. The van der Waals surface area contributed by atoms with E-state index in [4.69, 9.17) is 60.6 Å². The molecule has 0 aliphatic carbocycles. The Balaban J connectivity index is 1.52. The summed E-state index contributed by atoms with van der Waals surface area (Å²) >= 11 is 0. The fourth-order valence-electron chi connectivity index (χ4n) is 10.2. The molecule has 0 spiro atoms. The Kier molecular flexibility index (Phi) is 30.2. The van der Waals surface area contributed by atoms with Crippen LogP contribution < -0.4 is 10.6 Å². The minimum atomic E-state index is -4.67. The summed E-state index contributed by atoms with van der Waals surface area (Å²) in [4.78, 5) is 69.4. The van der Waals surface area contributed by atoms with E-state index in [1.54, 1.807) is 27.7 Å². The molecule has 6 rings (SSSR count). The first-order valence-corrected chi connectivity index (χ1v) is 37.1. The highest BCUT2D eigenvalue weighted by molar-refractivity contribution is 7.48. The monoisotopic (exact) mass is 1310 g/mol. The number of benzene rings is 3. The summed E-state index contributed by atoms with van der Waals surface area (Å²) in [5, 5.41) is 6.41. The molecule has 3 aromatic carbocycles. The number of amides is 1. The molecule has 3 heterocycles. The van der Waals surface area contributed by atoms with E-state index in [9.17, 15) is 24.0 Å². The number of hydrogen-bond acceptors (Lipinski definition) is 20. The average Bonchev–Trinajstić information content (AvgIpc) is 1.12. The fraction of sp³-hybridized carbons (Fsp3) is 0.662. The van der Waals surface area contributed by atoms with E-state index in [1.165, 1.54) is 0 Å². The van der Waals surface area contributed by atoms with E-state index >= 15 is 4.57 Å². The first-order chi connectivity index (χ1) is 43.4. The molecule has 0 radical (unpaired) electrons. The van der Waals surface area contributed by atoms with Gasteiger partial charge in [-0.1, -0.05) is 174 Å². The zero-order chi connectivity index (χ0) is 66.3. The Hall–Kier alpha value is -4.94. The molecule has 14 atom stereocenters. The molecule has 3 aromatic rings. The summed E-state index contributed by atoms with van der Waals surface area (Å²) in [6, 6.07) is 23.9. The second-order valence-corrected chi connectivity index (χ2v) is 31.9. The van der Waals surface area contributed by atoms with Crippen LogP contribution in [0.3, 0.4) is 0 Å². The van der Waals surface area contributed by atoms with Gasteiger partial charge in [-0.3, -0.25) is 37.5 Å². The maximum atomic E-state index is 15.2. The highest BCUT2D eigenvalue weighted by Gasteiger charge is 2.56. The third kappa shape index (κ3) is 23.2. The molecule has 5 unspecified atom stereocenters. The topological polar surface area (TPSA) is 246 Å². The lowest BCUT2D eigenvalue weighted by molar-refractivity contribution is -0.303. The number of carbonyl (C=O) groups is 5. The van der Waals surface area contributed by atoms with Crippen LogP contribution in [0.15, 0.2) is 84.9 Å². The van der Waals surface area contributed by atoms with Crippen molar-refractivity contribution in [3.05, 3.63) is 107 Å². The van der Waals surface area contributed by atoms with Crippen LogP contribution in [0, 0.1) is 11.8 Å². The standard InChI is InChI=1S/C68H103N2O19PSi/c1-14-45(7)34-35-69-60-64(86-58(74)36-46(8)15-2)62(78-40-48-30-24-21-25-31-48)54(85-67(60)89-91(12,13)68(9,10)11)44-79-66-61(70-55(71)37-51(16-3)82-56(72)18-5)65(87-59(75)38-52(17-4)83-57(73)19-6)63(53(84-66)43-77-39-47-28-22-20-23-29-47)88-90(76)80-41-49-32-26-27-33-50(49)42-81-90/h20-33,45-46,51-54,60-67,69H,14-19,34-44H2,1-13H3,(H,70,71)/t45-,46-,51-,52-,53?,54?,60?,61?,62+,63-,64-,65-,66-,67?/m1/s1. The number of carbonyl (C=O) groups excluding carboxylic acids is 5. The van der Waals surface area contributed by atoms with Gasteiger partial charge in [0.2, 0.25) is 5.91 Å². The number of fused-ring (bicyclic) bond motifs is 1. The van der Waals surface area contributed by atoms with E-state index in [0.29, 0.717) is 23.6 Å². The largest absolute Gasteiger partial charge is 0.475 e. The van der Waals surface area contributed by atoms with Gasteiger partial charge < -0.3 is 57.7 Å². The normalized spacial score (nSPS) is 24.7. The van der Waals surface area contributed by atoms with E-state index in [-0.39, 0.29) is 82.5 Å². The minimum Gasteiger partial charge on any atom is -0.462 e. The third-order valence-electron chi connectivity index (χ3n) is 17.4. The Morgan fingerprint density at radius 2 is 1.11 bits per heavy atom. The lowest BCUT2D eigenvalue weighted by Crippen LogP contribution is -2.69. The van der Waals surface area contributed by atoms with Crippen molar-refractivity contribution in [2.24, 2.45) is 11.8 Å². The first kappa shape index (κ1) is 75.1. The molecule has 0 saturated carbocycles. The summed E-state index contributed by atoms with van der Waals surface area (Å²) < 4.78 is 100. The van der Waals surface area contributed by atoms with Crippen LogP contribution in [0.25, 0.3) is 0 Å². The Morgan fingerprint density at radius 1 is 0.593 bits per heavy atom. The molecule has 91 heavy (non-hydrogen) atoms. The number of phosphoric ester groups is 1. The lowest BCUT2D eigenvalue weighted by atomic mass is 9.94. The quantitative estimate of drug-likeness (QED) is 0.0240. The van der Waals surface area contributed by atoms with Gasteiger partial charge in [-0.25, -0.2) is 4.57 Å². The van der Waals surface area contributed by atoms with Crippen molar-refractivity contribution in [3.8, 4) is 0 Å². The molecule has 1 amide bonds. The minimum absolute atomic E-state index is 0.00226. The van der Waals surface area contributed by atoms with Gasteiger partial charge in [-0.05, 0) is 78.0 Å². The zero-order valence-corrected chi connectivity index (χ0v) is 57.8. The third-order valence-corrected chi connectivity index (χ3v) is 23.2. The van der Waals surface area contributed by atoms with Gasteiger partial charge in [0.25, 0.3) is 0 Å². The number of hydrogen-bond donors (Lipinski definition) is 2. The van der Waals surface area contributed by atoms with Gasteiger partial charge in [-0.2, -0.15) is 0 Å². The number of nitrogens with one attached hydrogen (secondary N) is 2. The van der Waals surface area contributed by atoms with E-state index in [2.05, 4.69) is 58.3 Å². The van der Waals surface area contributed by atoms with Crippen molar-refractivity contribution >= 4 is 45.9 Å². The maximum absolute atomic E-state index is 15.2. The van der Waals surface area contributed by atoms with Crippen LogP contribution in [0.1, 0.15) is 163 Å². The zero-order valence-electron chi connectivity index (χ0n) is 55.9. The fourth-order valence-corrected chi connectivity index (χ4v) is 12.7. The van der Waals surface area contributed by atoms with Crippen LogP contribution in [-0.2, 0) is 116 Å². The highest BCUT2D eigenvalue weighted by Crippen LogP contribution is 2.55. The summed E-state index contributed by atoms with van der Waals surface area (Å²) in [6.07, 6.45) is -9.85. The van der Waals surface area contributed by atoms with Crippen molar-refractivity contribution < 1.29 is 89.2 Å². The van der Waals surface area contributed by atoms with Crippen LogP contribution in [0.4, 0.5) is 0 Å². The van der Waals surface area contributed by atoms with Gasteiger partial charge in [0.1, 0.15) is 42.7 Å². The molecule has 2 N–H and O–H groups in total. The molecule has 2 saturated heterocycles. The summed E-state index contributed by atoms with van der Waals surface area (Å²) in [7, 11) is -7.40. The molecule has 3 aliphatic heterocycles. The van der Waals surface area contributed by atoms with Crippen molar-refractivity contribution in [2.45, 2.75) is 258 Å². The van der Waals surface area contributed by atoms with Crippen LogP contribution in [-0.4, -0.2) is 131 Å². The predicted molar refractivity (Wildman–Crippen MR) is 343 cm³/mol. The van der Waals surface area contributed by atoms with Crippen molar-refractivity contribution in [1.29, 1.82) is 0 Å². The number of esters is 4. The summed E-state index contributed by atoms with van der Waals surface area (Å²) in [5.41, 5.74) is 3.03. The molecule has 508 valence electrons. The van der Waals surface area contributed by atoms with Crippen LogP contribution in [0.2, 0.25) is 18.1 Å². The highest BCUT2D eigenvalue weighted by atomic mass is 31.2. The van der Waals surface area contributed by atoms with Gasteiger partial charge in [-0.15, -0.1) is 0 Å². The molecule has 21 nitrogen and oxygen atoms in total. The SMILES string of the molecule is CCC(=O)O[C@H](CC)CC(=O)NC1[C@H](OCC2OC(O[Si](C)(C)C(C)(C)C)C(NCC[C@H](C)CC)[C@@H](OC(=O)C[C@H](C)CC)[C@H]2OCc2ccccc2)OC(COCc2ccccc2)[C@@H](OP2(=O)OCc3ccccc3CO2)[C@@H]1OC(=O)C[C@@H](CC)OC(=O)CC. The number of ether oxygens (including phenoxy) is 9. The number of phosphoric acid groups is 1. The van der Waals surface area contributed by atoms with Gasteiger partial charge in [0, 0.05) is 19.3 Å². The Morgan fingerprint density at radius 3 is 1.66 bits per heavy atom. The molecule has 0 aromatic heterocycles.